The Labute approximate surface area is 149 Å². The highest BCUT2D eigenvalue weighted by atomic mass is 16.6. The van der Waals surface area contributed by atoms with Crippen LogP contribution in [-0.4, -0.2) is 71.7 Å². The molecule has 2 aliphatic heterocycles. The van der Waals surface area contributed by atoms with E-state index in [2.05, 4.69) is 0 Å². The smallest absolute Gasteiger partial charge is 0.303 e. The third-order valence-electron chi connectivity index (χ3n) is 4.07. The summed E-state index contributed by atoms with van der Waals surface area (Å²) in [7, 11) is 0. The van der Waals surface area contributed by atoms with Gasteiger partial charge in [-0.2, -0.15) is 0 Å². The molecule has 0 aromatic carbocycles. The summed E-state index contributed by atoms with van der Waals surface area (Å²) in [6, 6.07) is -0.841. The van der Waals surface area contributed by atoms with Gasteiger partial charge in [-0.25, -0.2) is 0 Å². The lowest BCUT2D eigenvalue weighted by atomic mass is 9.94. The van der Waals surface area contributed by atoms with Crippen molar-refractivity contribution in [1.29, 1.82) is 0 Å². The first-order valence-corrected chi connectivity index (χ1v) is 8.09. The maximum atomic E-state index is 12.7. The van der Waals surface area contributed by atoms with E-state index < -0.39 is 60.2 Å². The number of piperidine rings is 1. The van der Waals surface area contributed by atoms with E-state index in [0.29, 0.717) is 0 Å². The minimum atomic E-state index is -1.14. The van der Waals surface area contributed by atoms with Crippen molar-refractivity contribution in [2.24, 2.45) is 0 Å². The van der Waals surface area contributed by atoms with Crippen molar-refractivity contribution >= 4 is 29.8 Å². The zero-order chi connectivity index (χ0) is 19.6. The van der Waals surface area contributed by atoms with Crippen LogP contribution in [0.2, 0.25) is 0 Å². The van der Waals surface area contributed by atoms with Gasteiger partial charge in [0.25, 0.3) is 5.91 Å². The van der Waals surface area contributed by atoms with E-state index in [1.54, 1.807) is 0 Å². The monoisotopic (exact) mass is 371 g/mol. The Balaban J connectivity index is 2.36. The molecule has 2 fully saturated rings. The fourth-order valence-electron chi connectivity index (χ4n) is 3.39. The molecule has 2 saturated heterocycles. The summed E-state index contributed by atoms with van der Waals surface area (Å²) < 4.78 is 20.7. The van der Waals surface area contributed by atoms with E-state index in [0.717, 1.165) is 6.92 Å². The second kappa shape index (κ2) is 7.71. The normalized spacial score (nSPS) is 30.2. The van der Waals surface area contributed by atoms with Crippen LogP contribution in [0.3, 0.4) is 0 Å². The Morgan fingerprint density at radius 3 is 1.81 bits per heavy atom. The van der Waals surface area contributed by atoms with Crippen molar-refractivity contribution in [3.63, 3.8) is 0 Å². The molecule has 5 atom stereocenters. The van der Waals surface area contributed by atoms with Gasteiger partial charge in [-0.1, -0.05) is 0 Å². The zero-order valence-corrected chi connectivity index (χ0v) is 14.9. The Hall–Kier alpha value is -2.65. The first kappa shape index (κ1) is 19.7. The molecule has 0 spiro atoms. The van der Waals surface area contributed by atoms with Crippen LogP contribution in [-0.2, 0) is 42.9 Å². The Morgan fingerprint density at radius 1 is 0.808 bits per heavy atom. The summed E-state index contributed by atoms with van der Waals surface area (Å²) in [6.45, 7) is 4.65. The van der Waals surface area contributed by atoms with Gasteiger partial charge in [-0.3, -0.25) is 24.0 Å². The average molecular weight is 371 g/mol. The number of fused-ring (bicyclic) bond motifs is 1. The molecule has 10 nitrogen and oxygen atoms in total. The van der Waals surface area contributed by atoms with Gasteiger partial charge in [0.15, 0.2) is 18.3 Å². The highest BCUT2D eigenvalue weighted by molar-refractivity contribution is 5.85. The molecule has 0 aliphatic carbocycles. The van der Waals surface area contributed by atoms with Crippen LogP contribution in [0.4, 0.5) is 0 Å². The zero-order valence-electron chi connectivity index (χ0n) is 14.9. The molecule has 0 aromatic heterocycles. The van der Waals surface area contributed by atoms with E-state index in [9.17, 15) is 24.0 Å². The second-order valence-corrected chi connectivity index (χ2v) is 6.18. The van der Waals surface area contributed by atoms with E-state index in [4.69, 9.17) is 18.9 Å². The molecule has 2 heterocycles. The summed E-state index contributed by atoms with van der Waals surface area (Å²) in [5.41, 5.74) is 0. The largest absolute Gasteiger partial charge is 0.460 e. The van der Waals surface area contributed by atoms with Crippen LogP contribution in [0.25, 0.3) is 0 Å². The van der Waals surface area contributed by atoms with Crippen LogP contribution in [0.1, 0.15) is 34.1 Å². The predicted molar refractivity (Wildman–Crippen MR) is 82.3 cm³/mol. The molecule has 0 N–H and O–H groups in total. The maximum Gasteiger partial charge on any atom is 0.303 e. The van der Waals surface area contributed by atoms with E-state index >= 15 is 0 Å². The fraction of sp³-hybridized carbons (Fsp3) is 0.688. The van der Waals surface area contributed by atoms with E-state index in [-0.39, 0.29) is 13.0 Å². The number of carbonyl (C=O) groups excluding carboxylic acids is 5. The minimum Gasteiger partial charge on any atom is -0.460 e. The van der Waals surface area contributed by atoms with Gasteiger partial charge in [0.2, 0.25) is 0 Å². The van der Waals surface area contributed by atoms with Crippen LogP contribution < -0.4 is 0 Å². The number of esters is 4. The van der Waals surface area contributed by atoms with Crippen LogP contribution in [0, 0.1) is 0 Å². The van der Waals surface area contributed by atoms with Crippen molar-refractivity contribution < 1.29 is 42.9 Å². The average Bonchev–Trinajstić information content (AvgIpc) is 2.80. The van der Waals surface area contributed by atoms with Gasteiger partial charge < -0.3 is 23.8 Å². The van der Waals surface area contributed by atoms with Crippen LogP contribution >= 0.6 is 0 Å². The van der Waals surface area contributed by atoms with Crippen molar-refractivity contribution in [3.05, 3.63) is 0 Å². The lowest BCUT2D eigenvalue weighted by Gasteiger charge is -2.40. The summed E-state index contributed by atoms with van der Waals surface area (Å²) in [5, 5.41) is 0. The molecule has 4 unspecified atom stereocenters. The van der Waals surface area contributed by atoms with Crippen LogP contribution in [0.15, 0.2) is 0 Å². The summed E-state index contributed by atoms with van der Waals surface area (Å²) in [6.07, 6.45) is -4.02. The summed E-state index contributed by atoms with van der Waals surface area (Å²) in [4.78, 5) is 59.5. The molecule has 0 radical (unpaired) electrons. The standard InChI is InChI=1S/C16H21NO9/c1-7(18)23-11-5-12(24-8(2)19)16(22)17-6-13(25-9(3)20)15(14(11)17)26-10(4)21/h11-15H,5-6H2,1-4H3/t11?,12?,13?,14?,15-/m1/s1. The first-order chi connectivity index (χ1) is 12.1. The molecule has 2 aliphatic rings. The van der Waals surface area contributed by atoms with Gasteiger partial charge in [-0.05, 0) is 0 Å². The fourth-order valence-corrected chi connectivity index (χ4v) is 3.39. The van der Waals surface area contributed by atoms with Gasteiger partial charge >= 0.3 is 23.9 Å². The topological polar surface area (TPSA) is 126 Å². The van der Waals surface area contributed by atoms with Crippen molar-refractivity contribution in [2.75, 3.05) is 6.54 Å². The van der Waals surface area contributed by atoms with E-state index in [1.807, 2.05) is 0 Å². The third-order valence-corrected chi connectivity index (χ3v) is 4.07. The SMILES string of the molecule is CC(=O)OC1CC(OC(C)=O)C2[C@H](OC(C)=O)C(OC(C)=O)CN2C1=O. The molecule has 2 rings (SSSR count). The maximum absolute atomic E-state index is 12.7. The van der Waals surface area contributed by atoms with Gasteiger partial charge in [0.05, 0.1) is 6.54 Å². The molecular weight excluding hydrogens is 350 g/mol. The quantitative estimate of drug-likeness (QED) is 0.467. The highest BCUT2D eigenvalue weighted by Gasteiger charge is 2.57. The number of nitrogens with zero attached hydrogens (tertiary/aromatic N) is 1. The van der Waals surface area contributed by atoms with Crippen LogP contribution in [0.5, 0.6) is 0 Å². The number of hydrogen-bond donors (Lipinski definition) is 0. The number of hydrogen-bond acceptors (Lipinski definition) is 9. The Kier molecular flexibility index (Phi) is 5.83. The molecule has 0 aromatic rings. The first-order valence-electron chi connectivity index (χ1n) is 8.09. The van der Waals surface area contributed by atoms with Crippen molar-refractivity contribution in [3.8, 4) is 0 Å². The Morgan fingerprint density at radius 2 is 1.31 bits per heavy atom. The van der Waals surface area contributed by atoms with Gasteiger partial charge in [0.1, 0.15) is 12.1 Å². The molecule has 144 valence electrons. The van der Waals surface area contributed by atoms with Crippen molar-refractivity contribution in [2.45, 2.75) is 64.6 Å². The van der Waals surface area contributed by atoms with E-state index in [1.165, 1.54) is 25.7 Å². The second-order valence-electron chi connectivity index (χ2n) is 6.18. The highest BCUT2D eigenvalue weighted by Crippen LogP contribution is 2.35. The van der Waals surface area contributed by atoms with Crippen molar-refractivity contribution in [1.82, 2.24) is 4.90 Å². The molecular formula is C16H21NO9. The molecule has 10 heteroatoms. The number of ether oxygens (including phenoxy) is 4. The minimum absolute atomic E-state index is 0.0729. The molecule has 0 saturated carbocycles. The summed E-state index contributed by atoms with van der Waals surface area (Å²) >= 11 is 0. The lowest BCUT2D eigenvalue weighted by molar-refractivity contribution is -0.181. The Bertz CT molecular complexity index is 631. The van der Waals surface area contributed by atoms with Gasteiger partial charge in [-0.15, -0.1) is 0 Å². The molecule has 1 amide bonds. The van der Waals surface area contributed by atoms with Gasteiger partial charge in [0, 0.05) is 34.1 Å². The molecule has 0 bridgehead atoms. The molecule has 26 heavy (non-hydrogen) atoms. The summed E-state index contributed by atoms with van der Waals surface area (Å²) in [5.74, 6) is -3.04. The lowest BCUT2D eigenvalue weighted by Crippen LogP contribution is -2.59. The predicted octanol–water partition coefficient (Wildman–Crippen LogP) is -0.672. The number of carbonyl (C=O) groups is 5. The number of rotatable bonds is 4. The third kappa shape index (κ3) is 4.30. The number of amides is 1.